The lowest BCUT2D eigenvalue weighted by Gasteiger charge is -2.11. The first-order valence-electron chi connectivity index (χ1n) is 2.95. The molecule has 0 heterocycles. The summed E-state index contributed by atoms with van der Waals surface area (Å²) in [5.41, 5.74) is 0. The second-order valence-corrected chi connectivity index (χ2v) is 9.15. The Morgan fingerprint density at radius 1 is 1.44 bits per heavy atom. The Bertz CT molecular complexity index is 71.8. The lowest BCUT2D eigenvalue weighted by molar-refractivity contribution is -1.27. The topological polar surface area (TPSA) is 32.3 Å². The van der Waals surface area contributed by atoms with E-state index in [1.807, 2.05) is 0 Å². The molecule has 4 heteroatoms. The summed E-state index contributed by atoms with van der Waals surface area (Å²) in [6.45, 7) is 7.34. The van der Waals surface area contributed by atoms with Crippen LogP contribution in [0.1, 0.15) is 0 Å². The standard InChI is InChI=1S/C5H13ClO2Si/c1-9(2,3)5-4-8-6-7/h4-5H2,1-3H3. The maximum Gasteiger partial charge on any atom is 0.330 e. The van der Waals surface area contributed by atoms with Crippen LogP contribution in [0.25, 0.3) is 0 Å². The van der Waals surface area contributed by atoms with Gasteiger partial charge in [-0.15, -0.1) is 4.29 Å². The van der Waals surface area contributed by atoms with Gasteiger partial charge in [0.2, 0.25) is 0 Å². The molecule has 0 aromatic rings. The molecule has 0 aliphatic rings. The minimum absolute atomic E-state index is 0.590. The summed E-state index contributed by atoms with van der Waals surface area (Å²) in [4.78, 5) is 0. The highest BCUT2D eigenvalue weighted by Crippen LogP contribution is 2.06. The molecule has 0 rings (SSSR count). The van der Waals surface area contributed by atoms with Crippen LogP contribution in [0.4, 0.5) is 0 Å². The molecular weight excluding hydrogens is 156 g/mol. The van der Waals surface area contributed by atoms with E-state index in [9.17, 15) is 4.66 Å². The molecule has 0 aromatic carbocycles. The predicted molar refractivity (Wildman–Crippen MR) is 34.1 cm³/mol. The minimum Gasteiger partial charge on any atom is -0.506 e. The Kier molecular flexibility index (Phi) is 4.48. The van der Waals surface area contributed by atoms with E-state index in [0.717, 1.165) is 6.04 Å². The Labute approximate surface area is 61.3 Å². The van der Waals surface area contributed by atoms with Crippen LogP contribution in [-0.4, -0.2) is 14.7 Å². The van der Waals surface area contributed by atoms with Crippen molar-refractivity contribution in [2.75, 3.05) is 6.61 Å². The zero-order chi connectivity index (χ0) is 7.33. The van der Waals surface area contributed by atoms with E-state index >= 15 is 0 Å². The van der Waals surface area contributed by atoms with Gasteiger partial charge in [-0.1, -0.05) is 19.6 Å². The second-order valence-electron chi connectivity index (χ2n) is 3.19. The molecule has 0 saturated heterocycles. The van der Waals surface area contributed by atoms with E-state index in [4.69, 9.17) is 0 Å². The normalized spacial score (nSPS) is 12.0. The third kappa shape index (κ3) is 8.43. The molecule has 0 radical (unpaired) electrons. The Morgan fingerprint density at radius 2 is 2.00 bits per heavy atom. The highest BCUT2D eigenvalue weighted by Gasteiger charge is 2.13. The Balaban J connectivity index is 3.07. The molecule has 0 aliphatic carbocycles. The fourth-order valence-corrected chi connectivity index (χ4v) is 1.36. The highest BCUT2D eigenvalue weighted by molar-refractivity contribution is 6.76. The average Bonchev–Trinajstić information content (AvgIpc) is 1.63. The van der Waals surface area contributed by atoms with Gasteiger partial charge in [0.15, 0.2) is 0 Å². The molecule has 0 fully saturated rings. The molecule has 0 N–H and O–H groups in total. The second kappa shape index (κ2) is 4.28. The first-order valence-corrected chi connectivity index (χ1v) is 7.28. The first kappa shape index (κ1) is 9.43. The van der Waals surface area contributed by atoms with Crippen LogP contribution in [0.3, 0.4) is 0 Å². The van der Waals surface area contributed by atoms with Gasteiger partial charge in [-0.25, -0.2) is 0 Å². The third-order valence-electron chi connectivity index (χ3n) is 0.974. The average molecular weight is 169 g/mol. The van der Waals surface area contributed by atoms with E-state index in [-0.39, 0.29) is 0 Å². The first-order chi connectivity index (χ1) is 4.06. The van der Waals surface area contributed by atoms with Crippen molar-refractivity contribution in [3.63, 3.8) is 0 Å². The van der Waals surface area contributed by atoms with E-state index in [0.29, 0.717) is 17.9 Å². The Morgan fingerprint density at radius 3 is 2.33 bits per heavy atom. The number of hydrogen-bond donors (Lipinski definition) is 0. The molecule has 0 spiro atoms. The zero-order valence-corrected chi connectivity index (χ0v) is 7.86. The summed E-state index contributed by atoms with van der Waals surface area (Å²) >= 11 is 0.614. The van der Waals surface area contributed by atoms with Gasteiger partial charge in [-0.05, 0) is 6.04 Å². The summed E-state index contributed by atoms with van der Waals surface area (Å²) < 4.78 is 14.2. The molecule has 56 valence electrons. The summed E-state index contributed by atoms with van der Waals surface area (Å²) in [5, 5.41) is 0. The smallest absolute Gasteiger partial charge is 0.330 e. The van der Waals surface area contributed by atoms with E-state index in [1.54, 1.807) is 0 Å². The van der Waals surface area contributed by atoms with Gasteiger partial charge in [-0.3, -0.25) is 0 Å². The molecule has 0 aromatic heterocycles. The van der Waals surface area contributed by atoms with Crippen LogP contribution in [-0.2, 0) is 4.29 Å². The van der Waals surface area contributed by atoms with Crippen molar-refractivity contribution in [3.8, 4) is 0 Å². The van der Waals surface area contributed by atoms with Crippen molar-refractivity contribution in [1.82, 2.24) is 0 Å². The molecule has 0 aliphatic heterocycles. The van der Waals surface area contributed by atoms with Crippen molar-refractivity contribution < 1.29 is 20.3 Å². The van der Waals surface area contributed by atoms with Crippen molar-refractivity contribution in [3.05, 3.63) is 0 Å². The van der Waals surface area contributed by atoms with Crippen LogP contribution in [0.2, 0.25) is 25.7 Å². The van der Waals surface area contributed by atoms with E-state index in [1.165, 1.54) is 0 Å². The van der Waals surface area contributed by atoms with Gasteiger partial charge in [-0.2, -0.15) is 0 Å². The highest BCUT2D eigenvalue weighted by atomic mass is 35.6. The molecular formula is C5H13ClO2Si. The van der Waals surface area contributed by atoms with Crippen LogP contribution in [0.5, 0.6) is 0 Å². The largest absolute Gasteiger partial charge is 0.506 e. The molecule has 0 atom stereocenters. The van der Waals surface area contributed by atoms with Gasteiger partial charge in [0, 0.05) is 8.07 Å². The third-order valence-corrected chi connectivity index (χ3v) is 2.92. The fourth-order valence-electron chi connectivity index (χ4n) is 0.376. The number of halogens is 1. The summed E-state index contributed by atoms with van der Waals surface area (Å²) in [6, 6.07) is 1.06. The van der Waals surface area contributed by atoms with Crippen LogP contribution in [0.15, 0.2) is 0 Å². The number of rotatable bonds is 4. The van der Waals surface area contributed by atoms with E-state index in [2.05, 4.69) is 23.9 Å². The van der Waals surface area contributed by atoms with Crippen molar-refractivity contribution in [2.24, 2.45) is 0 Å². The van der Waals surface area contributed by atoms with Gasteiger partial charge in [0.05, 0.1) is 0 Å². The summed E-state index contributed by atoms with van der Waals surface area (Å²) in [5.74, 6) is 0. The molecule has 0 unspecified atom stereocenters. The molecule has 9 heavy (non-hydrogen) atoms. The van der Waals surface area contributed by atoms with Crippen LogP contribution in [0, 0.1) is 11.3 Å². The van der Waals surface area contributed by atoms with Crippen molar-refractivity contribution in [2.45, 2.75) is 25.7 Å². The zero-order valence-electron chi connectivity index (χ0n) is 6.11. The summed E-state index contributed by atoms with van der Waals surface area (Å²) in [7, 11) is -0.981. The quantitative estimate of drug-likeness (QED) is 0.456. The molecule has 0 bridgehead atoms. The molecule has 0 amide bonds. The minimum atomic E-state index is -0.981. The molecule has 2 nitrogen and oxygen atoms in total. The van der Waals surface area contributed by atoms with Gasteiger partial charge < -0.3 is 4.66 Å². The maximum atomic E-state index is 9.67. The molecule has 0 saturated carbocycles. The SMILES string of the molecule is C[Si](C)(C)CCO[Cl+][O-]. The van der Waals surface area contributed by atoms with Crippen LogP contribution >= 0.6 is 0 Å². The van der Waals surface area contributed by atoms with Crippen molar-refractivity contribution >= 4 is 8.07 Å². The number of hydrogen-bond acceptors (Lipinski definition) is 2. The predicted octanol–water partition coefficient (Wildman–Crippen LogP) is 0.616. The van der Waals surface area contributed by atoms with Crippen molar-refractivity contribution in [1.29, 1.82) is 0 Å². The van der Waals surface area contributed by atoms with Crippen LogP contribution < -0.4 is 4.66 Å². The fraction of sp³-hybridized carbons (Fsp3) is 1.00. The van der Waals surface area contributed by atoms with Gasteiger partial charge in [0.25, 0.3) is 0 Å². The lowest BCUT2D eigenvalue weighted by atomic mass is 10.9. The summed E-state index contributed by atoms with van der Waals surface area (Å²) in [6.07, 6.45) is 0. The van der Waals surface area contributed by atoms with Gasteiger partial charge in [0.1, 0.15) is 6.61 Å². The van der Waals surface area contributed by atoms with Gasteiger partial charge >= 0.3 is 11.3 Å². The lowest BCUT2D eigenvalue weighted by Crippen LogP contribution is -2.22. The van der Waals surface area contributed by atoms with E-state index < -0.39 is 8.07 Å². The Hall–Kier alpha value is 0.427. The maximum absolute atomic E-state index is 9.67. The monoisotopic (exact) mass is 168 g/mol.